The third kappa shape index (κ3) is 3.36. The largest absolute Gasteiger partial charge is 0.341 e. The van der Waals surface area contributed by atoms with Gasteiger partial charge in [0, 0.05) is 25.3 Å². The van der Waals surface area contributed by atoms with E-state index in [0.717, 1.165) is 49.2 Å². The number of amides is 1. The number of hydrogen-bond donors (Lipinski definition) is 0. The number of para-hydroxylation sites is 2. The molecular weight excluding hydrogens is 326 g/mol. The molecule has 0 radical (unpaired) electrons. The monoisotopic (exact) mass is 351 g/mol. The van der Waals surface area contributed by atoms with Crippen LogP contribution in [0.1, 0.15) is 24.2 Å². The Hall–Kier alpha value is -2.63. The number of carbonyl (C=O) groups excluding carboxylic acids is 1. The van der Waals surface area contributed by atoms with E-state index in [1.165, 1.54) is 5.69 Å². The smallest absolute Gasteiger partial charge is 0.242 e. The molecule has 1 aromatic carbocycles. The number of aryl methyl sites for hydroxylation is 2. The van der Waals surface area contributed by atoms with Gasteiger partial charge in [-0.25, -0.2) is 4.98 Å². The summed E-state index contributed by atoms with van der Waals surface area (Å²) in [6.07, 6.45) is 3.83. The van der Waals surface area contributed by atoms with Gasteiger partial charge in [-0.2, -0.15) is 5.10 Å². The van der Waals surface area contributed by atoms with E-state index in [9.17, 15) is 4.79 Å². The van der Waals surface area contributed by atoms with Crippen LogP contribution in [0.5, 0.6) is 0 Å². The molecule has 3 aromatic rings. The summed E-state index contributed by atoms with van der Waals surface area (Å²) in [6.45, 7) is 7.11. The van der Waals surface area contributed by atoms with Crippen molar-refractivity contribution in [2.24, 2.45) is 5.92 Å². The number of rotatable bonds is 4. The van der Waals surface area contributed by atoms with Crippen molar-refractivity contribution < 1.29 is 4.79 Å². The molecule has 3 heterocycles. The van der Waals surface area contributed by atoms with Gasteiger partial charge in [0.25, 0.3) is 0 Å². The van der Waals surface area contributed by atoms with Crippen molar-refractivity contribution >= 4 is 16.9 Å². The summed E-state index contributed by atoms with van der Waals surface area (Å²) < 4.78 is 4.05. The molecule has 1 saturated heterocycles. The van der Waals surface area contributed by atoms with Crippen molar-refractivity contribution in [3.05, 3.63) is 48.0 Å². The Morgan fingerprint density at radius 1 is 1.19 bits per heavy atom. The van der Waals surface area contributed by atoms with Gasteiger partial charge in [0.1, 0.15) is 6.54 Å². The van der Waals surface area contributed by atoms with Crippen LogP contribution in [-0.2, 0) is 17.9 Å². The van der Waals surface area contributed by atoms with Crippen molar-refractivity contribution in [2.75, 3.05) is 13.1 Å². The zero-order valence-corrected chi connectivity index (χ0v) is 15.4. The maximum absolute atomic E-state index is 12.7. The SMILES string of the molecule is Cc1cc(C)n(CC2CCN(C(=O)Cn3cnc4ccccc43)CC2)n1. The molecular formula is C20H25N5O. The average molecular weight is 351 g/mol. The van der Waals surface area contributed by atoms with Gasteiger partial charge in [-0.15, -0.1) is 0 Å². The fourth-order valence-corrected chi connectivity index (χ4v) is 3.85. The number of imidazole rings is 1. The molecule has 136 valence electrons. The highest BCUT2D eigenvalue weighted by Gasteiger charge is 2.24. The lowest BCUT2D eigenvalue weighted by Crippen LogP contribution is -2.41. The fourth-order valence-electron chi connectivity index (χ4n) is 3.85. The maximum atomic E-state index is 12.7. The standard InChI is InChI=1S/C20H25N5O/c1-15-11-16(2)25(22-15)12-17-7-9-23(10-8-17)20(26)13-24-14-21-18-5-3-4-6-19(18)24/h3-6,11,14,17H,7-10,12-13H2,1-2H3. The van der Waals surface area contributed by atoms with Gasteiger partial charge in [0.15, 0.2) is 0 Å². The number of piperidine rings is 1. The molecule has 0 saturated carbocycles. The molecule has 1 aliphatic rings. The zero-order valence-electron chi connectivity index (χ0n) is 15.4. The minimum atomic E-state index is 0.178. The third-order valence-electron chi connectivity index (χ3n) is 5.33. The van der Waals surface area contributed by atoms with E-state index in [0.29, 0.717) is 12.5 Å². The van der Waals surface area contributed by atoms with Gasteiger partial charge in [-0.3, -0.25) is 9.48 Å². The molecule has 6 heteroatoms. The lowest BCUT2D eigenvalue weighted by atomic mass is 9.96. The van der Waals surface area contributed by atoms with Crippen LogP contribution in [0.4, 0.5) is 0 Å². The van der Waals surface area contributed by atoms with Crippen LogP contribution < -0.4 is 0 Å². The van der Waals surface area contributed by atoms with Gasteiger partial charge < -0.3 is 9.47 Å². The van der Waals surface area contributed by atoms with Gasteiger partial charge in [-0.05, 0) is 50.8 Å². The molecule has 1 aliphatic heterocycles. The molecule has 4 rings (SSSR count). The Bertz CT molecular complexity index is 917. The van der Waals surface area contributed by atoms with E-state index in [1.807, 2.05) is 40.7 Å². The topological polar surface area (TPSA) is 56.0 Å². The summed E-state index contributed by atoms with van der Waals surface area (Å²) in [7, 11) is 0. The Morgan fingerprint density at radius 3 is 2.69 bits per heavy atom. The highest BCUT2D eigenvalue weighted by Crippen LogP contribution is 2.21. The first kappa shape index (κ1) is 16.8. The number of nitrogens with zero attached hydrogens (tertiary/aromatic N) is 5. The summed E-state index contributed by atoms with van der Waals surface area (Å²) in [5.74, 6) is 0.767. The minimum Gasteiger partial charge on any atom is -0.341 e. The molecule has 1 fully saturated rings. The van der Waals surface area contributed by atoms with Gasteiger partial charge in [0.2, 0.25) is 5.91 Å². The van der Waals surface area contributed by atoms with Gasteiger partial charge >= 0.3 is 0 Å². The minimum absolute atomic E-state index is 0.178. The van der Waals surface area contributed by atoms with Crippen LogP contribution >= 0.6 is 0 Å². The molecule has 0 spiro atoms. The zero-order chi connectivity index (χ0) is 18.1. The molecule has 0 atom stereocenters. The lowest BCUT2D eigenvalue weighted by molar-refractivity contribution is -0.133. The number of aromatic nitrogens is 4. The Morgan fingerprint density at radius 2 is 1.96 bits per heavy atom. The number of benzene rings is 1. The Balaban J connectivity index is 1.34. The molecule has 0 unspecified atom stereocenters. The fraction of sp³-hybridized carbons (Fsp3) is 0.450. The number of likely N-dealkylation sites (tertiary alicyclic amines) is 1. The third-order valence-corrected chi connectivity index (χ3v) is 5.33. The second kappa shape index (κ2) is 6.94. The van der Waals surface area contributed by atoms with E-state index >= 15 is 0 Å². The van der Waals surface area contributed by atoms with Gasteiger partial charge in [-0.1, -0.05) is 12.1 Å². The van der Waals surface area contributed by atoms with Crippen molar-refractivity contribution in [3.8, 4) is 0 Å². The normalized spacial score (nSPS) is 15.7. The first-order chi connectivity index (χ1) is 12.6. The van der Waals surface area contributed by atoms with Gasteiger partial charge in [0.05, 0.1) is 23.1 Å². The first-order valence-electron chi connectivity index (χ1n) is 9.29. The predicted molar refractivity (Wildman–Crippen MR) is 101 cm³/mol. The number of hydrogen-bond acceptors (Lipinski definition) is 3. The molecule has 0 aliphatic carbocycles. The first-order valence-corrected chi connectivity index (χ1v) is 9.29. The summed E-state index contributed by atoms with van der Waals surface area (Å²) >= 11 is 0. The average Bonchev–Trinajstić information content (AvgIpc) is 3.18. The van der Waals surface area contributed by atoms with E-state index < -0.39 is 0 Å². The second-order valence-electron chi connectivity index (χ2n) is 7.29. The molecule has 6 nitrogen and oxygen atoms in total. The maximum Gasteiger partial charge on any atom is 0.242 e. The summed E-state index contributed by atoms with van der Waals surface area (Å²) in [6, 6.07) is 10.1. The van der Waals surface area contributed by atoms with E-state index in [-0.39, 0.29) is 5.91 Å². The molecule has 0 N–H and O–H groups in total. The van der Waals surface area contributed by atoms with Crippen LogP contribution in [0.25, 0.3) is 11.0 Å². The van der Waals surface area contributed by atoms with Crippen molar-refractivity contribution in [1.29, 1.82) is 0 Å². The number of carbonyl (C=O) groups is 1. The molecule has 26 heavy (non-hydrogen) atoms. The van der Waals surface area contributed by atoms with E-state index in [2.05, 4.69) is 27.8 Å². The Labute approximate surface area is 153 Å². The summed E-state index contributed by atoms with van der Waals surface area (Å²) in [5.41, 5.74) is 4.24. The highest BCUT2D eigenvalue weighted by molar-refractivity contribution is 5.80. The Kier molecular flexibility index (Phi) is 4.49. The number of fused-ring (bicyclic) bond motifs is 1. The van der Waals surface area contributed by atoms with Crippen LogP contribution in [0.3, 0.4) is 0 Å². The van der Waals surface area contributed by atoms with Crippen molar-refractivity contribution in [1.82, 2.24) is 24.2 Å². The van der Waals surface area contributed by atoms with Crippen LogP contribution in [-0.4, -0.2) is 43.2 Å². The van der Waals surface area contributed by atoms with Crippen LogP contribution in [0, 0.1) is 19.8 Å². The molecule has 1 amide bonds. The lowest BCUT2D eigenvalue weighted by Gasteiger charge is -2.32. The quantitative estimate of drug-likeness (QED) is 0.726. The van der Waals surface area contributed by atoms with Crippen molar-refractivity contribution in [3.63, 3.8) is 0 Å². The van der Waals surface area contributed by atoms with E-state index in [1.54, 1.807) is 6.33 Å². The van der Waals surface area contributed by atoms with E-state index in [4.69, 9.17) is 0 Å². The second-order valence-corrected chi connectivity index (χ2v) is 7.29. The van der Waals surface area contributed by atoms with Crippen LogP contribution in [0.2, 0.25) is 0 Å². The highest BCUT2D eigenvalue weighted by atomic mass is 16.2. The molecule has 2 aromatic heterocycles. The van der Waals surface area contributed by atoms with Crippen molar-refractivity contribution in [2.45, 2.75) is 39.8 Å². The van der Waals surface area contributed by atoms with Crippen LogP contribution in [0.15, 0.2) is 36.7 Å². The predicted octanol–water partition coefficient (Wildman–Crippen LogP) is 2.79. The summed E-state index contributed by atoms with van der Waals surface area (Å²) in [5, 5.41) is 4.56. The summed E-state index contributed by atoms with van der Waals surface area (Å²) in [4.78, 5) is 19.1. The molecule has 0 bridgehead atoms.